The molecule has 1 aliphatic heterocycles. The summed E-state index contributed by atoms with van der Waals surface area (Å²) in [6, 6.07) is 0.0786. The average molecular weight is 324 g/mol. The molecule has 1 spiro atoms. The lowest BCUT2D eigenvalue weighted by Crippen LogP contribution is -2.69. The number of piperidine rings is 1. The van der Waals surface area contributed by atoms with E-state index in [-0.39, 0.29) is 29.5 Å². The van der Waals surface area contributed by atoms with E-state index in [4.69, 9.17) is 4.74 Å². The van der Waals surface area contributed by atoms with Crippen LogP contribution in [-0.2, 0) is 9.53 Å². The number of likely N-dealkylation sites (tertiary alicyclic amines) is 1. The van der Waals surface area contributed by atoms with Crippen LogP contribution in [0.5, 0.6) is 0 Å². The Labute approximate surface area is 137 Å². The van der Waals surface area contributed by atoms with Crippen LogP contribution in [0.1, 0.15) is 46.0 Å². The predicted octanol–water partition coefficient (Wildman–Crippen LogP) is 2.09. The number of nitrogens with zero attached hydrogens (tertiary/aromatic N) is 1. The van der Waals surface area contributed by atoms with Crippen LogP contribution in [0.25, 0.3) is 0 Å². The Hall–Kier alpha value is -1.30. The lowest BCUT2D eigenvalue weighted by molar-refractivity contribution is -0.170. The molecular weight excluding hydrogens is 296 g/mol. The molecule has 3 rings (SSSR count). The molecule has 4 unspecified atom stereocenters. The van der Waals surface area contributed by atoms with E-state index in [1.807, 2.05) is 13.8 Å². The van der Waals surface area contributed by atoms with Gasteiger partial charge in [-0.05, 0) is 38.5 Å². The first-order chi connectivity index (χ1) is 11.0. The topological polar surface area (TPSA) is 78.9 Å². The van der Waals surface area contributed by atoms with Crippen LogP contribution < -0.4 is 5.32 Å². The average Bonchev–Trinajstić information content (AvgIpc) is 2.43. The highest BCUT2D eigenvalue weighted by Crippen LogP contribution is 2.57. The highest BCUT2D eigenvalue weighted by atomic mass is 16.5. The molecule has 6 heteroatoms. The molecular formula is C17H28N2O4. The van der Waals surface area contributed by atoms with Gasteiger partial charge >= 0.3 is 12.0 Å². The van der Waals surface area contributed by atoms with Crippen molar-refractivity contribution in [3.63, 3.8) is 0 Å². The van der Waals surface area contributed by atoms with Crippen molar-refractivity contribution in [1.29, 1.82) is 0 Å². The zero-order chi connectivity index (χ0) is 16.6. The van der Waals surface area contributed by atoms with Crippen molar-refractivity contribution in [2.45, 2.75) is 58.1 Å². The number of hydrogen-bond donors (Lipinski definition) is 2. The molecule has 0 aromatic heterocycles. The fourth-order valence-corrected chi connectivity index (χ4v) is 4.58. The fraction of sp³-hybridized carbons (Fsp3) is 0.882. The number of rotatable bonds is 4. The molecule has 0 aromatic rings. The van der Waals surface area contributed by atoms with Gasteiger partial charge in [-0.15, -0.1) is 0 Å². The van der Waals surface area contributed by atoms with Crippen LogP contribution in [0, 0.1) is 17.3 Å². The summed E-state index contributed by atoms with van der Waals surface area (Å²) < 4.78 is 5.82. The van der Waals surface area contributed by atoms with E-state index in [2.05, 4.69) is 5.32 Å². The van der Waals surface area contributed by atoms with Crippen molar-refractivity contribution in [3.05, 3.63) is 0 Å². The highest BCUT2D eigenvalue weighted by Gasteiger charge is 2.59. The summed E-state index contributed by atoms with van der Waals surface area (Å²) >= 11 is 0. The van der Waals surface area contributed by atoms with E-state index in [0.29, 0.717) is 19.5 Å². The Morgan fingerprint density at radius 1 is 1.30 bits per heavy atom. The maximum Gasteiger partial charge on any atom is 0.317 e. The molecule has 4 atom stereocenters. The van der Waals surface area contributed by atoms with Crippen LogP contribution in [0.3, 0.4) is 0 Å². The minimum absolute atomic E-state index is 0.103. The molecule has 0 bridgehead atoms. The van der Waals surface area contributed by atoms with Gasteiger partial charge in [-0.25, -0.2) is 4.79 Å². The number of amides is 2. The Morgan fingerprint density at radius 2 is 2.04 bits per heavy atom. The zero-order valence-electron chi connectivity index (χ0n) is 14.1. The molecule has 0 radical (unpaired) electrons. The fourth-order valence-electron chi connectivity index (χ4n) is 4.58. The van der Waals surface area contributed by atoms with E-state index >= 15 is 0 Å². The molecule has 2 aliphatic carbocycles. The number of ether oxygens (including phenoxy) is 1. The van der Waals surface area contributed by atoms with Gasteiger partial charge in [-0.1, -0.05) is 13.3 Å². The summed E-state index contributed by atoms with van der Waals surface area (Å²) in [6.07, 6.45) is 5.26. The number of carboxylic acids is 1. The maximum absolute atomic E-state index is 12.6. The molecule has 130 valence electrons. The van der Waals surface area contributed by atoms with E-state index in [1.165, 1.54) is 6.42 Å². The predicted molar refractivity (Wildman–Crippen MR) is 85.1 cm³/mol. The van der Waals surface area contributed by atoms with Crippen LogP contribution in [0.15, 0.2) is 0 Å². The zero-order valence-corrected chi connectivity index (χ0v) is 14.1. The summed E-state index contributed by atoms with van der Waals surface area (Å²) in [4.78, 5) is 25.5. The minimum atomic E-state index is -0.801. The first kappa shape index (κ1) is 16.6. The second-order valence-electron chi connectivity index (χ2n) is 7.55. The van der Waals surface area contributed by atoms with Crippen molar-refractivity contribution in [3.8, 4) is 0 Å². The first-order valence-corrected chi connectivity index (χ1v) is 8.86. The van der Waals surface area contributed by atoms with Crippen LogP contribution >= 0.6 is 0 Å². The number of urea groups is 1. The summed E-state index contributed by atoms with van der Waals surface area (Å²) in [7, 11) is 0. The third kappa shape index (κ3) is 2.93. The lowest BCUT2D eigenvalue weighted by atomic mass is 9.51. The Morgan fingerprint density at radius 3 is 2.61 bits per heavy atom. The van der Waals surface area contributed by atoms with E-state index in [9.17, 15) is 14.7 Å². The second kappa shape index (κ2) is 6.30. The minimum Gasteiger partial charge on any atom is -0.481 e. The highest BCUT2D eigenvalue weighted by molar-refractivity contribution is 5.77. The number of carbonyl (C=O) groups is 2. The summed E-state index contributed by atoms with van der Waals surface area (Å²) in [5.74, 6) is -1.02. The third-order valence-electron chi connectivity index (χ3n) is 6.03. The van der Waals surface area contributed by atoms with E-state index in [0.717, 1.165) is 25.9 Å². The quantitative estimate of drug-likeness (QED) is 0.830. The van der Waals surface area contributed by atoms with E-state index < -0.39 is 11.9 Å². The lowest BCUT2D eigenvalue weighted by Gasteiger charge is -2.61. The number of carbonyl (C=O) groups excluding carboxylic acids is 1. The largest absolute Gasteiger partial charge is 0.481 e. The van der Waals surface area contributed by atoms with Gasteiger partial charge in [0.1, 0.15) is 0 Å². The molecule has 6 nitrogen and oxygen atoms in total. The van der Waals surface area contributed by atoms with E-state index in [1.54, 1.807) is 4.90 Å². The molecule has 3 aliphatic rings. The van der Waals surface area contributed by atoms with Crippen molar-refractivity contribution in [2.24, 2.45) is 17.3 Å². The van der Waals surface area contributed by atoms with Crippen molar-refractivity contribution >= 4 is 12.0 Å². The van der Waals surface area contributed by atoms with Gasteiger partial charge in [0.15, 0.2) is 0 Å². The summed E-state index contributed by atoms with van der Waals surface area (Å²) in [5, 5.41) is 12.4. The van der Waals surface area contributed by atoms with Crippen LogP contribution in [-0.4, -0.2) is 53.8 Å². The molecule has 1 saturated heterocycles. The normalized spacial score (nSPS) is 35.3. The Balaban J connectivity index is 1.58. The van der Waals surface area contributed by atoms with Crippen molar-refractivity contribution < 1.29 is 19.4 Å². The maximum atomic E-state index is 12.6. The monoisotopic (exact) mass is 324 g/mol. The number of nitrogens with one attached hydrogen (secondary N) is 1. The SMILES string of the molecule is CCOC1CC(NC(=O)N2CC(C)CC(C(=O)O)C2)C12CCC2. The number of hydrogen-bond acceptors (Lipinski definition) is 3. The van der Waals surface area contributed by atoms with Gasteiger partial charge in [0.2, 0.25) is 0 Å². The summed E-state index contributed by atoms with van der Waals surface area (Å²) in [6.45, 7) is 5.71. The van der Waals surface area contributed by atoms with Crippen LogP contribution in [0.2, 0.25) is 0 Å². The molecule has 2 N–H and O–H groups in total. The first-order valence-electron chi connectivity index (χ1n) is 8.86. The smallest absolute Gasteiger partial charge is 0.317 e. The number of aliphatic carboxylic acids is 1. The molecule has 3 fully saturated rings. The molecule has 2 saturated carbocycles. The van der Waals surface area contributed by atoms with Gasteiger partial charge in [0, 0.05) is 31.2 Å². The Bertz CT molecular complexity index is 477. The Kier molecular flexibility index (Phi) is 4.54. The van der Waals surface area contributed by atoms with Gasteiger partial charge in [0.25, 0.3) is 0 Å². The van der Waals surface area contributed by atoms with Crippen LogP contribution in [0.4, 0.5) is 4.79 Å². The standard InChI is InChI=1S/C17H28N2O4/c1-3-23-14-8-13(17(14)5-4-6-17)18-16(22)19-9-11(2)7-12(10-19)15(20)21/h11-14H,3-10H2,1-2H3,(H,18,22)(H,20,21). The second-order valence-corrected chi connectivity index (χ2v) is 7.55. The summed E-state index contributed by atoms with van der Waals surface area (Å²) in [5.41, 5.74) is 0.138. The molecule has 23 heavy (non-hydrogen) atoms. The van der Waals surface area contributed by atoms with Gasteiger partial charge in [0.05, 0.1) is 12.0 Å². The third-order valence-corrected chi connectivity index (χ3v) is 6.03. The van der Waals surface area contributed by atoms with Gasteiger partial charge < -0.3 is 20.1 Å². The molecule has 0 aromatic carbocycles. The molecule has 1 heterocycles. The number of carboxylic acid groups (broad SMARTS) is 1. The molecule has 2 amide bonds. The van der Waals surface area contributed by atoms with Crippen molar-refractivity contribution in [1.82, 2.24) is 10.2 Å². The van der Waals surface area contributed by atoms with Crippen molar-refractivity contribution in [2.75, 3.05) is 19.7 Å². The van der Waals surface area contributed by atoms with Gasteiger partial charge in [-0.2, -0.15) is 0 Å². The van der Waals surface area contributed by atoms with Gasteiger partial charge in [-0.3, -0.25) is 4.79 Å².